The van der Waals surface area contributed by atoms with Crippen molar-refractivity contribution in [3.63, 3.8) is 0 Å². The first-order valence-electron chi connectivity index (χ1n) is 6.80. The first-order chi connectivity index (χ1) is 9.40. The summed E-state index contributed by atoms with van der Waals surface area (Å²) in [6.45, 7) is 6.99. The van der Waals surface area contributed by atoms with E-state index in [1.165, 1.54) is 12.0 Å². The lowest BCUT2D eigenvalue weighted by atomic mass is 10.1. The van der Waals surface area contributed by atoms with Gasteiger partial charge in [0.25, 0.3) is 5.91 Å². The second kappa shape index (κ2) is 7.07. The number of nitrogens with zero attached hydrogens (tertiary/aromatic N) is 3. The molecule has 0 aliphatic heterocycles. The van der Waals surface area contributed by atoms with Crippen LogP contribution in [0, 0.1) is 0 Å². The molecule has 6 nitrogen and oxygen atoms in total. The maximum absolute atomic E-state index is 12.4. The third-order valence-electron chi connectivity index (χ3n) is 3.13. The molecule has 0 fully saturated rings. The molecule has 0 spiro atoms. The van der Waals surface area contributed by atoms with E-state index < -0.39 is 0 Å². The van der Waals surface area contributed by atoms with Gasteiger partial charge in [-0.3, -0.25) is 14.3 Å². The number of rotatable bonds is 6. The minimum absolute atomic E-state index is 0.129. The minimum atomic E-state index is -0.323. The van der Waals surface area contributed by atoms with Crippen molar-refractivity contribution in [2.45, 2.75) is 39.7 Å². The standard InChI is InChI=1S/C14H23N3O3/c1-6-17-12(9-11(15-17)10(2)3)14(19)16(4)8-7-13(18)20-5/h9-10H,6-8H2,1-5H3. The van der Waals surface area contributed by atoms with Crippen LogP contribution in [-0.2, 0) is 16.1 Å². The Kier molecular flexibility index (Phi) is 5.73. The van der Waals surface area contributed by atoms with Crippen LogP contribution in [0.25, 0.3) is 0 Å². The molecule has 1 heterocycles. The van der Waals surface area contributed by atoms with Crippen molar-refractivity contribution in [3.05, 3.63) is 17.5 Å². The molecule has 1 aromatic heterocycles. The van der Waals surface area contributed by atoms with Crippen molar-refractivity contribution >= 4 is 11.9 Å². The molecule has 0 aliphatic rings. The number of carbonyl (C=O) groups is 2. The summed E-state index contributed by atoms with van der Waals surface area (Å²) in [7, 11) is 3.01. The van der Waals surface area contributed by atoms with Crippen LogP contribution in [0.2, 0.25) is 0 Å². The fourth-order valence-corrected chi connectivity index (χ4v) is 1.79. The molecular weight excluding hydrogens is 258 g/mol. The van der Waals surface area contributed by atoms with E-state index in [0.717, 1.165) is 5.69 Å². The summed E-state index contributed by atoms with van der Waals surface area (Å²) >= 11 is 0. The third kappa shape index (κ3) is 3.82. The van der Waals surface area contributed by atoms with E-state index in [1.807, 2.05) is 26.8 Å². The molecule has 0 bridgehead atoms. The highest BCUT2D eigenvalue weighted by atomic mass is 16.5. The van der Waals surface area contributed by atoms with Gasteiger partial charge in [-0.15, -0.1) is 0 Å². The molecule has 112 valence electrons. The van der Waals surface area contributed by atoms with Gasteiger partial charge in [0.2, 0.25) is 0 Å². The van der Waals surface area contributed by atoms with Crippen LogP contribution in [-0.4, -0.2) is 47.3 Å². The highest BCUT2D eigenvalue weighted by Crippen LogP contribution is 2.15. The van der Waals surface area contributed by atoms with E-state index in [9.17, 15) is 9.59 Å². The van der Waals surface area contributed by atoms with Crippen molar-refractivity contribution in [1.82, 2.24) is 14.7 Å². The summed E-state index contributed by atoms with van der Waals surface area (Å²) in [4.78, 5) is 25.0. The molecule has 1 aromatic rings. The summed E-state index contributed by atoms with van der Waals surface area (Å²) in [5, 5.41) is 4.42. The highest BCUT2D eigenvalue weighted by molar-refractivity contribution is 5.92. The zero-order chi connectivity index (χ0) is 15.3. The quantitative estimate of drug-likeness (QED) is 0.744. The molecule has 0 unspecified atom stereocenters. The first kappa shape index (κ1) is 16.2. The predicted octanol–water partition coefficient (Wildman–Crippen LogP) is 1.66. The Hall–Kier alpha value is -1.85. The number of esters is 1. The van der Waals surface area contributed by atoms with Crippen LogP contribution in [0.3, 0.4) is 0 Å². The van der Waals surface area contributed by atoms with Crippen LogP contribution in [0.5, 0.6) is 0 Å². The Morgan fingerprint density at radius 1 is 1.45 bits per heavy atom. The Labute approximate surface area is 119 Å². The monoisotopic (exact) mass is 281 g/mol. The van der Waals surface area contributed by atoms with Crippen molar-refractivity contribution < 1.29 is 14.3 Å². The second-order valence-corrected chi connectivity index (χ2v) is 4.98. The Balaban J connectivity index is 2.82. The molecule has 6 heteroatoms. The average Bonchev–Trinajstić information content (AvgIpc) is 2.87. The first-order valence-corrected chi connectivity index (χ1v) is 6.80. The fourth-order valence-electron chi connectivity index (χ4n) is 1.79. The van der Waals surface area contributed by atoms with E-state index >= 15 is 0 Å². The average molecular weight is 281 g/mol. The second-order valence-electron chi connectivity index (χ2n) is 4.98. The van der Waals surface area contributed by atoms with Gasteiger partial charge in [0.05, 0.1) is 19.2 Å². The van der Waals surface area contributed by atoms with Crippen LogP contribution in [0.15, 0.2) is 6.07 Å². The number of aryl methyl sites for hydroxylation is 1. The van der Waals surface area contributed by atoms with Crippen LogP contribution >= 0.6 is 0 Å². The van der Waals surface area contributed by atoms with Gasteiger partial charge < -0.3 is 9.64 Å². The number of hydrogen-bond acceptors (Lipinski definition) is 4. The zero-order valence-corrected chi connectivity index (χ0v) is 12.8. The summed E-state index contributed by atoms with van der Waals surface area (Å²) in [5.41, 5.74) is 1.46. The topological polar surface area (TPSA) is 64.4 Å². The summed E-state index contributed by atoms with van der Waals surface area (Å²) in [5.74, 6) is -0.179. The Bertz CT molecular complexity index is 480. The van der Waals surface area contributed by atoms with Gasteiger partial charge in [-0.2, -0.15) is 5.10 Å². The molecule has 0 N–H and O–H groups in total. The molecule has 0 aliphatic carbocycles. The van der Waals surface area contributed by atoms with E-state index in [-0.39, 0.29) is 24.2 Å². The van der Waals surface area contributed by atoms with Crippen molar-refractivity contribution in [1.29, 1.82) is 0 Å². The molecule has 1 amide bonds. The van der Waals surface area contributed by atoms with E-state index in [0.29, 0.717) is 18.8 Å². The molecule has 0 aromatic carbocycles. The molecule has 20 heavy (non-hydrogen) atoms. The largest absolute Gasteiger partial charge is 0.469 e. The molecule has 0 atom stereocenters. The number of hydrogen-bond donors (Lipinski definition) is 0. The van der Waals surface area contributed by atoms with E-state index in [4.69, 9.17) is 0 Å². The molecule has 1 rings (SSSR count). The maximum atomic E-state index is 12.4. The van der Waals surface area contributed by atoms with Gasteiger partial charge in [0, 0.05) is 20.1 Å². The van der Waals surface area contributed by atoms with Gasteiger partial charge in [0.1, 0.15) is 5.69 Å². The summed E-state index contributed by atoms with van der Waals surface area (Å²) in [6, 6.07) is 1.82. The van der Waals surface area contributed by atoms with Crippen LogP contribution < -0.4 is 0 Å². The predicted molar refractivity (Wildman–Crippen MR) is 75.6 cm³/mol. The van der Waals surface area contributed by atoms with Gasteiger partial charge in [-0.25, -0.2) is 0 Å². The maximum Gasteiger partial charge on any atom is 0.307 e. The SMILES string of the molecule is CCn1nc(C(C)C)cc1C(=O)N(C)CCC(=O)OC. The highest BCUT2D eigenvalue weighted by Gasteiger charge is 2.19. The summed E-state index contributed by atoms with van der Waals surface area (Å²) < 4.78 is 6.27. The van der Waals surface area contributed by atoms with E-state index in [1.54, 1.807) is 11.7 Å². The van der Waals surface area contributed by atoms with Crippen molar-refractivity contribution in [2.24, 2.45) is 0 Å². The van der Waals surface area contributed by atoms with Crippen LogP contribution in [0.4, 0.5) is 0 Å². The fraction of sp³-hybridized carbons (Fsp3) is 0.643. The minimum Gasteiger partial charge on any atom is -0.469 e. The van der Waals surface area contributed by atoms with Gasteiger partial charge in [0.15, 0.2) is 0 Å². The molecule has 0 saturated carbocycles. The number of carbonyl (C=O) groups excluding carboxylic acids is 2. The molecule has 0 radical (unpaired) electrons. The Morgan fingerprint density at radius 2 is 2.10 bits per heavy atom. The molecular formula is C14H23N3O3. The lowest BCUT2D eigenvalue weighted by Gasteiger charge is -2.16. The van der Waals surface area contributed by atoms with Crippen molar-refractivity contribution in [2.75, 3.05) is 20.7 Å². The van der Waals surface area contributed by atoms with E-state index in [2.05, 4.69) is 9.84 Å². The van der Waals surface area contributed by atoms with Crippen LogP contribution in [0.1, 0.15) is 49.3 Å². The smallest absolute Gasteiger partial charge is 0.307 e. The van der Waals surface area contributed by atoms with Gasteiger partial charge in [-0.1, -0.05) is 13.8 Å². The normalized spacial score (nSPS) is 10.7. The van der Waals surface area contributed by atoms with Gasteiger partial charge >= 0.3 is 5.97 Å². The number of methoxy groups -OCH3 is 1. The zero-order valence-electron chi connectivity index (χ0n) is 12.8. The Morgan fingerprint density at radius 3 is 2.60 bits per heavy atom. The lowest BCUT2D eigenvalue weighted by Crippen LogP contribution is -2.31. The number of aromatic nitrogens is 2. The third-order valence-corrected chi connectivity index (χ3v) is 3.13. The number of amides is 1. The molecule has 0 saturated heterocycles. The van der Waals surface area contributed by atoms with Gasteiger partial charge in [-0.05, 0) is 18.9 Å². The lowest BCUT2D eigenvalue weighted by molar-refractivity contribution is -0.140. The number of ether oxygens (including phenoxy) is 1. The van der Waals surface area contributed by atoms with Crippen molar-refractivity contribution in [3.8, 4) is 0 Å². The summed E-state index contributed by atoms with van der Waals surface area (Å²) in [6.07, 6.45) is 0.191.